The highest BCUT2D eigenvalue weighted by Gasteiger charge is 2.61. The van der Waals surface area contributed by atoms with E-state index in [1.807, 2.05) is 0 Å². The highest BCUT2D eigenvalue weighted by atomic mass is 32.2. The summed E-state index contributed by atoms with van der Waals surface area (Å²) in [5.41, 5.74) is -0.484. The number of nitrogens with two attached hydrogens (primary N) is 1. The molecule has 1 amide bonds. The molecule has 1 atom stereocenters. The number of halogens is 4. The minimum Gasteiger partial charge on any atom is -0.366 e. The first kappa shape index (κ1) is 29.7. The third-order valence-electron chi connectivity index (χ3n) is 5.91. The fraction of sp³-hybridized carbons (Fsp3) is 0.364. The van der Waals surface area contributed by atoms with E-state index in [9.17, 15) is 45.1 Å². The quantitative estimate of drug-likeness (QED) is 0.219. The topological polar surface area (TPSA) is 173 Å². The zero-order valence-electron chi connectivity index (χ0n) is 20.2. The maximum atomic E-state index is 14.7. The molecule has 3 rings (SSSR count). The van der Waals surface area contributed by atoms with E-state index < -0.39 is 65.0 Å². The van der Waals surface area contributed by atoms with Gasteiger partial charge in [-0.2, -0.15) is 13.2 Å². The molecule has 5 N–H and O–H groups in total. The van der Waals surface area contributed by atoms with Gasteiger partial charge in [-0.3, -0.25) is 9.32 Å². The van der Waals surface area contributed by atoms with Crippen LogP contribution in [0.5, 0.6) is 0 Å². The van der Waals surface area contributed by atoms with Crippen LogP contribution < -0.4 is 5.73 Å². The van der Waals surface area contributed by atoms with Crippen molar-refractivity contribution in [2.75, 3.05) is 6.26 Å². The maximum Gasteiger partial charge on any atom is 0.470 e. The van der Waals surface area contributed by atoms with E-state index in [1.54, 1.807) is 0 Å². The molecule has 0 spiro atoms. The fourth-order valence-corrected chi connectivity index (χ4v) is 5.68. The number of carbonyl (C=O) groups excluding carboxylic acids is 1. The van der Waals surface area contributed by atoms with Crippen LogP contribution in [0, 0.1) is 5.82 Å². The molecular formula is C22H24F4N3O7PS. The summed E-state index contributed by atoms with van der Waals surface area (Å²) >= 11 is 0. The zero-order chi connectivity index (χ0) is 28.9. The number of aromatic amines is 1. The number of hydrogen-bond donors (Lipinski definition) is 4. The number of nitrogens with one attached hydrogen (secondary N) is 1. The van der Waals surface area contributed by atoms with Crippen molar-refractivity contribution in [3.63, 3.8) is 0 Å². The highest BCUT2D eigenvalue weighted by Crippen LogP contribution is 2.54. The lowest BCUT2D eigenvalue weighted by Crippen LogP contribution is -2.52. The first-order chi connectivity index (χ1) is 17.1. The smallest absolute Gasteiger partial charge is 0.366 e. The Hall–Kier alpha value is -2.84. The molecule has 0 bridgehead atoms. The summed E-state index contributed by atoms with van der Waals surface area (Å²) in [6.07, 6.45) is -5.68. The van der Waals surface area contributed by atoms with Gasteiger partial charge in [0.1, 0.15) is 5.82 Å². The summed E-state index contributed by atoms with van der Waals surface area (Å²) in [5, 5.41) is -0.156. The van der Waals surface area contributed by atoms with Crippen molar-refractivity contribution >= 4 is 34.5 Å². The Morgan fingerprint density at radius 2 is 1.82 bits per heavy atom. The van der Waals surface area contributed by atoms with Crippen molar-refractivity contribution in [3.05, 3.63) is 59.2 Å². The van der Waals surface area contributed by atoms with Gasteiger partial charge in [-0.1, -0.05) is 19.9 Å². The second-order valence-corrected chi connectivity index (χ2v) is 12.7. The Kier molecular flexibility index (Phi) is 7.60. The van der Waals surface area contributed by atoms with Crippen molar-refractivity contribution in [1.82, 2.24) is 9.97 Å². The predicted molar refractivity (Wildman–Crippen MR) is 127 cm³/mol. The number of rotatable bonds is 9. The van der Waals surface area contributed by atoms with Crippen LogP contribution >= 0.6 is 7.82 Å². The Labute approximate surface area is 214 Å². The molecule has 16 heteroatoms. The maximum absolute atomic E-state index is 14.7. The molecule has 0 saturated carbocycles. The third kappa shape index (κ3) is 6.41. The summed E-state index contributed by atoms with van der Waals surface area (Å²) in [5.74, 6) is -1.99. The van der Waals surface area contributed by atoms with E-state index in [0.29, 0.717) is 0 Å². The van der Waals surface area contributed by atoms with Gasteiger partial charge in [0.05, 0.1) is 11.7 Å². The number of fused-ring (bicyclic) bond motifs is 1. The van der Waals surface area contributed by atoms with Gasteiger partial charge in [0, 0.05) is 29.3 Å². The number of H-pyrrole nitrogens is 1. The summed E-state index contributed by atoms with van der Waals surface area (Å²) in [6.45, 7) is 2.51. The average Bonchev–Trinajstić information content (AvgIpc) is 3.11. The number of benzene rings is 1. The number of aromatic nitrogens is 2. The van der Waals surface area contributed by atoms with E-state index in [4.69, 9.17) is 5.73 Å². The number of nitrogens with zero attached hydrogens (tertiary/aromatic N) is 1. The Balaban J connectivity index is 2.18. The van der Waals surface area contributed by atoms with Gasteiger partial charge in [0.2, 0.25) is 5.91 Å². The third-order valence-corrected chi connectivity index (χ3v) is 7.48. The summed E-state index contributed by atoms with van der Waals surface area (Å²) in [4.78, 5) is 37.3. The number of alkyl halides is 3. The van der Waals surface area contributed by atoms with Crippen LogP contribution in [0.2, 0.25) is 0 Å². The lowest BCUT2D eigenvalue weighted by atomic mass is 9.72. The first-order valence-corrected chi connectivity index (χ1v) is 14.2. The number of phosphoric ester groups is 1. The minimum atomic E-state index is -5.78. The van der Waals surface area contributed by atoms with Crippen LogP contribution in [-0.2, 0) is 30.8 Å². The number of pyridine rings is 1. The molecule has 3 aromatic rings. The molecule has 0 aliphatic heterocycles. The Morgan fingerprint density at radius 3 is 2.34 bits per heavy atom. The van der Waals surface area contributed by atoms with Crippen molar-refractivity contribution < 1.29 is 49.6 Å². The van der Waals surface area contributed by atoms with Crippen LogP contribution in [0.4, 0.5) is 17.6 Å². The van der Waals surface area contributed by atoms with E-state index in [0.717, 1.165) is 36.7 Å². The second kappa shape index (κ2) is 9.72. The van der Waals surface area contributed by atoms with Gasteiger partial charge < -0.3 is 20.5 Å². The van der Waals surface area contributed by atoms with Crippen molar-refractivity contribution in [2.45, 2.75) is 48.9 Å². The average molecular weight is 581 g/mol. The molecule has 0 fully saturated rings. The van der Waals surface area contributed by atoms with Gasteiger partial charge in [0.15, 0.2) is 20.5 Å². The molecule has 0 aliphatic carbocycles. The molecule has 0 unspecified atom stereocenters. The second-order valence-electron chi connectivity index (χ2n) is 9.54. The molecule has 10 nitrogen and oxygen atoms in total. The van der Waals surface area contributed by atoms with Gasteiger partial charge >= 0.3 is 14.0 Å². The molecule has 208 valence electrons. The summed E-state index contributed by atoms with van der Waals surface area (Å²) in [7, 11) is -9.51. The summed E-state index contributed by atoms with van der Waals surface area (Å²) < 4.78 is 97.8. The van der Waals surface area contributed by atoms with E-state index in [2.05, 4.69) is 14.5 Å². The van der Waals surface area contributed by atoms with Crippen molar-refractivity contribution in [1.29, 1.82) is 0 Å². The molecular weight excluding hydrogens is 557 g/mol. The highest BCUT2D eigenvalue weighted by molar-refractivity contribution is 7.90. The molecule has 2 heterocycles. The number of hydrogen-bond acceptors (Lipinski definition) is 6. The van der Waals surface area contributed by atoms with E-state index in [-0.39, 0.29) is 27.2 Å². The molecule has 1 aromatic carbocycles. The fourth-order valence-electron chi connectivity index (χ4n) is 4.40. The molecule has 38 heavy (non-hydrogen) atoms. The SMILES string of the molecule is CC(C)(C[C@](Cc1cc2cc(S(C)(=O)=O)ncc2[nH]1)(OP(=O)(O)O)C(F)(F)F)c1ccc(F)cc1C(N)=O. The largest absolute Gasteiger partial charge is 0.470 e. The van der Waals surface area contributed by atoms with Crippen LogP contribution in [0.25, 0.3) is 10.9 Å². The number of sulfone groups is 1. The summed E-state index contributed by atoms with van der Waals surface area (Å²) in [6, 6.07) is 5.03. The van der Waals surface area contributed by atoms with Crippen LogP contribution in [0.1, 0.15) is 41.9 Å². The van der Waals surface area contributed by atoms with E-state index >= 15 is 0 Å². The van der Waals surface area contributed by atoms with Crippen LogP contribution in [-0.4, -0.2) is 52.1 Å². The van der Waals surface area contributed by atoms with Gasteiger partial charge in [0.25, 0.3) is 0 Å². The van der Waals surface area contributed by atoms with Crippen molar-refractivity contribution in [2.24, 2.45) is 5.73 Å². The lowest BCUT2D eigenvalue weighted by molar-refractivity contribution is -0.259. The number of primary amides is 1. The predicted octanol–water partition coefficient (Wildman–Crippen LogP) is 3.53. The number of amides is 1. The Morgan fingerprint density at radius 1 is 1.18 bits per heavy atom. The monoisotopic (exact) mass is 581 g/mol. The number of carbonyl (C=O) groups is 1. The van der Waals surface area contributed by atoms with Gasteiger partial charge in [-0.15, -0.1) is 0 Å². The normalized spacial score (nSPS) is 15.0. The standard InChI is InChI=1S/C22H24F4N3O7PS/c1-20(2,16-5-4-13(23)8-15(16)19(27)30)11-21(22(24,25)26,36-37(31,32)33)9-14-6-12-7-18(38(3,34)35)28-10-17(12)29-14/h4-8,10,29H,9,11H2,1-3H3,(H2,27,30)(H2,31,32,33)/t21-/m0/s1. The van der Waals surface area contributed by atoms with Gasteiger partial charge in [-0.05, 0) is 41.7 Å². The Bertz CT molecular complexity index is 1550. The first-order valence-electron chi connectivity index (χ1n) is 10.7. The van der Waals surface area contributed by atoms with Crippen molar-refractivity contribution in [3.8, 4) is 0 Å². The van der Waals surface area contributed by atoms with Crippen LogP contribution in [0.3, 0.4) is 0 Å². The molecule has 0 aliphatic rings. The zero-order valence-corrected chi connectivity index (χ0v) is 21.9. The van der Waals surface area contributed by atoms with Crippen LogP contribution in [0.15, 0.2) is 41.6 Å². The molecule has 0 saturated heterocycles. The minimum absolute atomic E-state index is 0.104. The lowest BCUT2D eigenvalue weighted by Gasteiger charge is -2.41. The number of phosphoric acid groups is 1. The van der Waals surface area contributed by atoms with E-state index in [1.165, 1.54) is 19.9 Å². The van der Waals surface area contributed by atoms with Gasteiger partial charge in [-0.25, -0.2) is 22.4 Å². The molecule has 0 radical (unpaired) electrons. The molecule has 2 aromatic heterocycles.